The van der Waals surface area contributed by atoms with Gasteiger partial charge in [0.2, 0.25) is 0 Å². The predicted octanol–water partition coefficient (Wildman–Crippen LogP) is 5.41. The number of anilines is 2. The Kier molecular flexibility index (Phi) is 8.81. The number of thiazole rings is 1. The van der Waals surface area contributed by atoms with Gasteiger partial charge in [-0.3, -0.25) is 0 Å². The molecule has 12 heteroatoms. The van der Waals surface area contributed by atoms with Gasteiger partial charge in [0.15, 0.2) is 5.13 Å². The van der Waals surface area contributed by atoms with Crippen LogP contribution in [0.15, 0.2) is 59.0 Å². The van der Waals surface area contributed by atoms with Gasteiger partial charge in [-0.05, 0) is 51.2 Å². The third-order valence-electron chi connectivity index (χ3n) is 6.43. The number of methoxy groups -OCH3 is 2. The molecule has 1 aliphatic rings. The van der Waals surface area contributed by atoms with Crippen molar-refractivity contribution in [1.82, 2.24) is 9.88 Å². The number of benzene rings is 2. The van der Waals surface area contributed by atoms with Gasteiger partial charge in [0.1, 0.15) is 22.2 Å². The Bertz CT molecular complexity index is 1400. The molecule has 2 atom stereocenters. The summed E-state index contributed by atoms with van der Waals surface area (Å²) in [6.45, 7) is -0.140. The molecule has 0 fully saturated rings. The summed E-state index contributed by atoms with van der Waals surface area (Å²) in [5, 5.41) is 5.26. The van der Waals surface area contributed by atoms with E-state index in [1.807, 2.05) is 14.1 Å². The predicted molar refractivity (Wildman–Crippen MR) is 150 cm³/mol. The maximum atomic E-state index is 15.5. The number of halogens is 2. The average Bonchev–Trinajstić information content (AvgIpc) is 3.43. The Morgan fingerprint density at radius 3 is 2.58 bits per heavy atom. The molecule has 1 unspecified atom stereocenters. The second-order valence-electron chi connectivity index (χ2n) is 8.99. The molecule has 1 N–H and O–H groups in total. The van der Waals surface area contributed by atoms with Crippen LogP contribution in [0.2, 0.25) is 5.02 Å². The number of nitrogens with one attached hydrogen (secondary N) is 1. The average molecular weight is 581 g/mol. The Balaban J connectivity index is 1.69. The largest absolute Gasteiger partial charge is 0.497 e. The van der Waals surface area contributed by atoms with Crippen LogP contribution in [-0.4, -0.2) is 58.7 Å². The molecule has 1 aliphatic carbocycles. The zero-order valence-corrected chi connectivity index (χ0v) is 23.9. The second kappa shape index (κ2) is 11.9. The van der Waals surface area contributed by atoms with E-state index in [0.29, 0.717) is 22.7 Å². The van der Waals surface area contributed by atoms with Gasteiger partial charge >= 0.3 is 0 Å². The molecular weight excluding hydrogens is 551 g/mol. The highest BCUT2D eigenvalue weighted by Crippen LogP contribution is 2.36. The van der Waals surface area contributed by atoms with Crippen molar-refractivity contribution < 1.29 is 22.3 Å². The van der Waals surface area contributed by atoms with E-state index >= 15 is 4.39 Å². The molecule has 0 bridgehead atoms. The Morgan fingerprint density at radius 1 is 1.16 bits per heavy atom. The van der Waals surface area contributed by atoms with Gasteiger partial charge in [0.05, 0.1) is 31.5 Å². The van der Waals surface area contributed by atoms with E-state index in [0.717, 1.165) is 40.6 Å². The lowest BCUT2D eigenvalue weighted by molar-refractivity contribution is 0.258. The number of aromatic nitrogens is 1. The molecule has 0 radical (unpaired) electrons. The summed E-state index contributed by atoms with van der Waals surface area (Å²) in [6.07, 6.45) is 7.26. The van der Waals surface area contributed by atoms with Crippen LogP contribution in [0.3, 0.4) is 0 Å². The molecule has 0 aliphatic heterocycles. The molecule has 0 amide bonds. The number of ether oxygens (including phenoxy) is 2. The molecule has 1 aromatic heterocycles. The van der Waals surface area contributed by atoms with Crippen molar-refractivity contribution in [3.63, 3.8) is 0 Å². The first-order chi connectivity index (χ1) is 18.1. The third kappa shape index (κ3) is 5.90. The number of rotatable bonds is 10. The van der Waals surface area contributed by atoms with Gasteiger partial charge in [-0.2, -0.15) is 0 Å². The van der Waals surface area contributed by atoms with Gasteiger partial charge in [0, 0.05) is 35.3 Å². The first-order valence-electron chi connectivity index (χ1n) is 11.9. The smallest absolute Gasteiger partial charge is 0.269 e. The van der Waals surface area contributed by atoms with Crippen LogP contribution in [0.4, 0.5) is 15.2 Å². The van der Waals surface area contributed by atoms with Crippen LogP contribution in [-0.2, 0) is 16.6 Å². The quantitative estimate of drug-likeness (QED) is 0.321. The number of sulfonamides is 1. The number of hydrogen-bond acceptors (Lipinski definition) is 8. The van der Waals surface area contributed by atoms with Crippen molar-refractivity contribution in [3.8, 4) is 11.5 Å². The summed E-state index contributed by atoms with van der Waals surface area (Å²) in [6, 6.07) is 7.53. The Labute approximate surface area is 231 Å². The zero-order chi connectivity index (χ0) is 27.4. The van der Waals surface area contributed by atoms with E-state index in [4.69, 9.17) is 21.1 Å². The minimum Gasteiger partial charge on any atom is -0.497 e. The molecule has 0 saturated heterocycles. The first-order valence-corrected chi connectivity index (χ1v) is 14.6. The molecular formula is C26H30ClFN4O4S2. The van der Waals surface area contributed by atoms with Crippen molar-refractivity contribution in [2.45, 2.75) is 36.4 Å². The van der Waals surface area contributed by atoms with Gasteiger partial charge in [-0.15, -0.1) is 11.3 Å². The number of nitrogens with zero attached hydrogens (tertiary/aromatic N) is 3. The maximum Gasteiger partial charge on any atom is 0.269 e. The van der Waals surface area contributed by atoms with Gasteiger partial charge < -0.3 is 19.7 Å². The molecule has 38 heavy (non-hydrogen) atoms. The van der Waals surface area contributed by atoms with Crippen molar-refractivity contribution in [3.05, 3.63) is 70.5 Å². The lowest BCUT2D eigenvalue weighted by atomic mass is 9.95. The van der Waals surface area contributed by atoms with E-state index in [-0.39, 0.29) is 28.8 Å². The molecule has 3 aromatic rings. The molecule has 1 heterocycles. The third-order valence-corrected chi connectivity index (χ3v) is 9.41. The van der Waals surface area contributed by atoms with Gasteiger partial charge in [0.25, 0.3) is 10.0 Å². The highest BCUT2D eigenvalue weighted by Gasteiger charge is 2.32. The van der Waals surface area contributed by atoms with E-state index in [1.165, 1.54) is 20.4 Å². The molecule has 2 aromatic carbocycles. The normalized spacial score (nSPS) is 17.4. The first kappa shape index (κ1) is 28.2. The van der Waals surface area contributed by atoms with Crippen LogP contribution < -0.4 is 19.1 Å². The van der Waals surface area contributed by atoms with Crippen LogP contribution in [0, 0.1) is 5.82 Å². The molecule has 8 nitrogen and oxygen atoms in total. The molecule has 204 valence electrons. The summed E-state index contributed by atoms with van der Waals surface area (Å²) in [4.78, 5) is 5.75. The SMILES string of the molecule is COc1ccc(CN(c2nccs2)S(=O)(=O)c2cc(Cl)c(NC3CC=CC[C@@H]3N(C)C)cc2F)c(OC)c1. The van der Waals surface area contributed by atoms with E-state index < -0.39 is 20.7 Å². The Morgan fingerprint density at radius 2 is 1.92 bits per heavy atom. The monoisotopic (exact) mass is 580 g/mol. The van der Waals surface area contributed by atoms with Crippen molar-refractivity contribution in [2.75, 3.05) is 37.9 Å². The van der Waals surface area contributed by atoms with E-state index in [2.05, 4.69) is 27.4 Å². The lowest BCUT2D eigenvalue weighted by Crippen LogP contribution is -2.44. The fourth-order valence-electron chi connectivity index (χ4n) is 4.41. The highest BCUT2D eigenvalue weighted by atomic mass is 35.5. The van der Waals surface area contributed by atoms with Crippen molar-refractivity contribution in [1.29, 1.82) is 0 Å². The minimum absolute atomic E-state index is 0.0105. The lowest BCUT2D eigenvalue weighted by Gasteiger charge is -2.35. The summed E-state index contributed by atoms with van der Waals surface area (Å²) >= 11 is 7.66. The second-order valence-corrected chi connectivity index (χ2v) is 12.1. The maximum absolute atomic E-state index is 15.5. The summed E-state index contributed by atoms with van der Waals surface area (Å²) in [7, 11) is 2.58. The van der Waals surface area contributed by atoms with E-state index in [1.54, 1.807) is 23.6 Å². The fourth-order valence-corrected chi connectivity index (χ4v) is 7.04. The highest BCUT2D eigenvalue weighted by molar-refractivity contribution is 7.93. The Hall–Kier alpha value is -2.86. The zero-order valence-electron chi connectivity index (χ0n) is 21.5. The van der Waals surface area contributed by atoms with Crippen molar-refractivity contribution in [2.24, 2.45) is 0 Å². The minimum atomic E-state index is -4.40. The summed E-state index contributed by atoms with van der Waals surface area (Å²) in [5.74, 6) is 0.0733. The van der Waals surface area contributed by atoms with Crippen LogP contribution >= 0.6 is 22.9 Å². The number of hydrogen-bond donors (Lipinski definition) is 1. The molecule has 4 rings (SSSR count). The van der Waals surface area contributed by atoms with Gasteiger partial charge in [-0.25, -0.2) is 22.1 Å². The van der Waals surface area contributed by atoms with E-state index in [9.17, 15) is 8.42 Å². The molecule has 0 spiro atoms. The standard InChI is InChI=1S/C26H30ClFN4O4S2/c1-31(2)23-8-6-5-7-21(23)30-22-15-20(28)25(14-19(22)27)38(33,34)32(26-29-11-12-37-26)16-17-9-10-18(35-3)13-24(17)36-4/h5-6,9-15,21,23,30H,7-8,16H2,1-4H3/t21?,23-/m0/s1. The van der Waals surface area contributed by atoms with Crippen LogP contribution in [0.5, 0.6) is 11.5 Å². The fraction of sp³-hybridized carbons (Fsp3) is 0.346. The molecule has 0 saturated carbocycles. The van der Waals surface area contributed by atoms with Crippen molar-refractivity contribution >= 4 is 43.8 Å². The summed E-state index contributed by atoms with van der Waals surface area (Å²) < 4.78 is 55.0. The van der Waals surface area contributed by atoms with Crippen LogP contribution in [0.25, 0.3) is 0 Å². The van der Waals surface area contributed by atoms with Crippen LogP contribution in [0.1, 0.15) is 18.4 Å². The number of likely N-dealkylation sites (N-methyl/N-ethyl adjacent to an activating group) is 1. The van der Waals surface area contributed by atoms with Gasteiger partial charge in [-0.1, -0.05) is 23.8 Å². The topological polar surface area (TPSA) is 84.0 Å². The summed E-state index contributed by atoms with van der Waals surface area (Å²) in [5.41, 5.74) is 0.893.